The van der Waals surface area contributed by atoms with Gasteiger partial charge in [0.15, 0.2) is 0 Å². The Morgan fingerprint density at radius 2 is 2.17 bits per heavy atom. The van der Waals surface area contributed by atoms with Crippen molar-refractivity contribution in [3.8, 4) is 0 Å². The van der Waals surface area contributed by atoms with Gasteiger partial charge in [0.05, 0.1) is 25.2 Å². The van der Waals surface area contributed by atoms with Gasteiger partial charge in [0.2, 0.25) is 0 Å². The molecule has 4 unspecified atom stereocenters. The van der Waals surface area contributed by atoms with Gasteiger partial charge < -0.3 is 24.2 Å². The molecule has 4 atom stereocenters. The first-order valence-electron chi connectivity index (χ1n) is 8.29. The number of aliphatic carboxylic acids is 1. The van der Waals surface area contributed by atoms with Gasteiger partial charge in [-0.05, 0) is 32.6 Å². The van der Waals surface area contributed by atoms with Gasteiger partial charge in [0.25, 0.3) is 5.91 Å². The van der Waals surface area contributed by atoms with Crippen molar-refractivity contribution in [3.05, 3.63) is 0 Å². The van der Waals surface area contributed by atoms with Crippen LogP contribution >= 0.6 is 0 Å². The van der Waals surface area contributed by atoms with Gasteiger partial charge in [-0.15, -0.1) is 0 Å². The number of carbonyl (C=O) groups is 2. The van der Waals surface area contributed by atoms with Gasteiger partial charge in [0.1, 0.15) is 6.10 Å². The van der Waals surface area contributed by atoms with Crippen LogP contribution in [0, 0.1) is 0 Å². The number of carboxylic acid groups (broad SMARTS) is 1. The Morgan fingerprint density at radius 1 is 1.39 bits per heavy atom. The quantitative estimate of drug-likeness (QED) is 0.751. The molecule has 0 radical (unpaired) electrons. The average Bonchev–Trinajstić information content (AvgIpc) is 2.95. The van der Waals surface area contributed by atoms with Gasteiger partial charge in [-0.25, -0.2) is 0 Å². The van der Waals surface area contributed by atoms with Gasteiger partial charge >= 0.3 is 5.97 Å². The SMILES string of the molecule is COC1CC(CC(=O)O)N(C(=O)C(C)OCC2CCCCO2)C1. The van der Waals surface area contributed by atoms with Crippen molar-refractivity contribution < 1.29 is 28.9 Å². The summed E-state index contributed by atoms with van der Waals surface area (Å²) in [5, 5.41) is 9.02. The van der Waals surface area contributed by atoms with E-state index >= 15 is 0 Å². The molecule has 2 fully saturated rings. The lowest BCUT2D eigenvalue weighted by atomic mass is 10.1. The first kappa shape index (κ1) is 18.2. The first-order valence-corrected chi connectivity index (χ1v) is 8.29. The molecule has 2 aliphatic rings. The maximum Gasteiger partial charge on any atom is 0.305 e. The lowest BCUT2D eigenvalue weighted by molar-refractivity contribution is -0.148. The number of amides is 1. The Hall–Kier alpha value is -1.18. The van der Waals surface area contributed by atoms with Crippen molar-refractivity contribution in [2.45, 2.75) is 63.4 Å². The highest BCUT2D eigenvalue weighted by molar-refractivity contribution is 5.82. The number of carboxylic acids is 1. The molecule has 23 heavy (non-hydrogen) atoms. The van der Waals surface area contributed by atoms with Crippen LogP contribution in [0.4, 0.5) is 0 Å². The van der Waals surface area contributed by atoms with E-state index in [9.17, 15) is 9.59 Å². The normalized spacial score (nSPS) is 29.5. The maximum atomic E-state index is 12.6. The van der Waals surface area contributed by atoms with Crippen LogP contribution in [-0.4, -0.2) is 73.1 Å². The van der Waals surface area contributed by atoms with E-state index in [0.717, 1.165) is 25.9 Å². The Labute approximate surface area is 136 Å². The van der Waals surface area contributed by atoms with Crippen LogP contribution in [0.25, 0.3) is 0 Å². The Morgan fingerprint density at radius 3 is 2.78 bits per heavy atom. The third-order valence-electron chi connectivity index (χ3n) is 4.56. The molecule has 0 aromatic rings. The lowest BCUT2D eigenvalue weighted by Gasteiger charge is -2.28. The molecular formula is C16H27NO6. The zero-order valence-corrected chi connectivity index (χ0v) is 13.9. The number of ether oxygens (including phenoxy) is 3. The van der Waals surface area contributed by atoms with Crippen LogP contribution in [0.2, 0.25) is 0 Å². The number of carbonyl (C=O) groups excluding carboxylic acids is 1. The standard InChI is InChI=1S/C16H27NO6/c1-11(23-10-13-5-3-4-6-22-13)16(20)17-9-14(21-2)7-12(17)8-15(18)19/h11-14H,3-10H2,1-2H3,(H,18,19). The Kier molecular flexibility index (Phi) is 6.80. The molecule has 7 heteroatoms. The largest absolute Gasteiger partial charge is 0.481 e. The van der Waals surface area contributed by atoms with Gasteiger partial charge in [-0.2, -0.15) is 0 Å². The number of nitrogens with zero attached hydrogens (tertiary/aromatic N) is 1. The molecular weight excluding hydrogens is 302 g/mol. The summed E-state index contributed by atoms with van der Waals surface area (Å²) in [7, 11) is 1.58. The number of hydrogen-bond acceptors (Lipinski definition) is 5. The molecule has 0 saturated carbocycles. The zero-order chi connectivity index (χ0) is 16.8. The molecule has 0 aliphatic carbocycles. The fourth-order valence-corrected chi connectivity index (χ4v) is 3.20. The maximum absolute atomic E-state index is 12.6. The van der Waals surface area contributed by atoms with Gasteiger partial charge in [-0.3, -0.25) is 9.59 Å². The molecule has 2 heterocycles. The zero-order valence-electron chi connectivity index (χ0n) is 13.9. The number of methoxy groups -OCH3 is 1. The predicted molar refractivity (Wildman–Crippen MR) is 82.2 cm³/mol. The van der Waals surface area contributed by atoms with Crippen LogP contribution in [0.1, 0.15) is 39.0 Å². The smallest absolute Gasteiger partial charge is 0.305 e. The van der Waals surface area contributed by atoms with E-state index in [2.05, 4.69) is 0 Å². The van der Waals surface area contributed by atoms with E-state index in [1.165, 1.54) is 0 Å². The van der Waals surface area contributed by atoms with Gasteiger partial charge in [0, 0.05) is 26.3 Å². The number of rotatable bonds is 7. The van der Waals surface area contributed by atoms with Crippen molar-refractivity contribution >= 4 is 11.9 Å². The molecule has 2 aliphatic heterocycles. The van der Waals surface area contributed by atoms with E-state index in [1.807, 2.05) is 0 Å². The second-order valence-electron chi connectivity index (χ2n) is 6.30. The highest BCUT2D eigenvalue weighted by atomic mass is 16.5. The van der Waals surface area contributed by atoms with Crippen molar-refractivity contribution in [3.63, 3.8) is 0 Å². The molecule has 7 nitrogen and oxygen atoms in total. The fourth-order valence-electron chi connectivity index (χ4n) is 3.20. The van der Waals surface area contributed by atoms with Crippen molar-refractivity contribution in [1.82, 2.24) is 4.90 Å². The summed E-state index contributed by atoms with van der Waals surface area (Å²) in [5.41, 5.74) is 0. The van der Waals surface area contributed by atoms with Crippen molar-refractivity contribution in [2.24, 2.45) is 0 Å². The van der Waals surface area contributed by atoms with E-state index in [1.54, 1.807) is 18.9 Å². The third kappa shape index (κ3) is 5.16. The molecule has 0 bridgehead atoms. The summed E-state index contributed by atoms with van der Waals surface area (Å²) in [5.74, 6) is -1.08. The third-order valence-corrected chi connectivity index (χ3v) is 4.56. The minimum Gasteiger partial charge on any atom is -0.481 e. The Balaban J connectivity index is 1.86. The molecule has 2 saturated heterocycles. The van der Waals surface area contributed by atoms with Crippen LogP contribution in [0.5, 0.6) is 0 Å². The van der Waals surface area contributed by atoms with E-state index in [-0.39, 0.29) is 30.6 Å². The summed E-state index contributed by atoms with van der Waals surface area (Å²) in [4.78, 5) is 25.2. The summed E-state index contributed by atoms with van der Waals surface area (Å²) >= 11 is 0. The fraction of sp³-hybridized carbons (Fsp3) is 0.875. The van der Waals surface area contributed by atoms with E-state index < -0.39 is 12.1 Å². The second-order valence-corrected chi connectivity index (χ2v) is 6.30. The predicted octanol–water partition coefficient (Wildman–Crippen LogP) is 1.05. The number of likely N-dealkylation sites (tertiary alicyclic amines) is 1. The molecule has 0 aromatic heterocycles. The van der Waals surface area contributed by atoms with Crippen LogP contribution < -0.4 is 0 Å². The minimum atomic E-state index is -0.909. The first-order chi connectivity index (χ1) is 11.0. The van der Waals surface area contributed by atoms with Crippen LogP contribution in [0.15, 0.2) is 0 Å². The molecule has 0 aromatic carbocycles. The van der Waals surface area contributed by atoms with Crippen LogP contribution in [-0.2, 0) is 23.8 Å². The average molecular weight is 329 g/mol. The number of hydrogen-bond donors (Lipinski definition) is 1. The summed E-state index contributed by atoms with van der Waals surface area (Å²) < 4.78 is 16.6. The molecule has 2 rings (SSSR count). The van der Waals surface area contributed by atoms with Crippen molar-refractivity contribution in [2.75, 3.05) is 26.9 Å². The minimum absolute atomic E-state index is 0.0547. The molecule has 1 N–H and O–H groups in total. The summed E-state index contributed by atoms with van der Waals surface area (Å²) in [6, 6.07) is -0.332. The topological polar surface area (TPSA) is 85.3 Å². The highest BCUT2D eigenvalue weighted by Gasteiger charge is 2.38. The highest BCUT2D eigenvalue weighted by Crippen LogP contribution is 2.24. The second kappa shape index (κ2) is 8.61. The van der Waals surface area contributed by atoms with Crippen molar-refractivity contribution in [1.29, 1.82) is 0 Å². The van der Waals surface area contributed by atoms with Gasteiger partial charge in [-0.1, -0.05) is 0 Å². The molecule has 132 valence electrons. The lowest BCUT2D eigenvalue weighted by Crippen LogP contribution is -2.44. The molecule has 0 spiro atoms. The summed E-state index contributed by atoms with van der Waals surface area (Å²) in [6.07, 6.45) is 2.98. The van der Waals surface area contributed by atoms with E-state index in [4.69, 9.17) is 19.3 Å². The Bertz CT molecular complexity index is 409. The van der Waals surface area contributed by atoms with E-state index in [0.29, 0.717) is 19.6 Å². The monoisotopic (exact) mass is 329 g/mol. The van der Waals surface area contributed by atoms with Crippen LogP contribution in [0.3, 0.4) is 0 Å². The molecule has 1 amide bonds. The summed E-state index contributed by atoms with van der Waals surface area (Å²) in [6.45, 7) is 3.28.